The van der Waals surface area contributed by atoms with Gasteiger partial charge in [0, 0.05) is 6.04 Å². The molecule has 0 amide bonds. The lowest BCUT2D eigenvalue weighted by molar-refractivity contribution is 0.137. The molecule has 0 aliphatic carbocycles. The van der Waals surface area contributed by atoms with E-state index in [0.717, 1.165) is 13.2 Å². The first-order chi connectivity index (χ1) is 5.20. The maximum atomic E-state index is 5.41. The molecule has 11 heavy (non-hydrogen) atoms. The molecule has 0 fully saturated rings. The highest BCUT2D eigenvalue weighted by Gasteiger charge is 1.96. The van der Waals surface area contributed by atoms with Crippen LogP contribution in [0.1, 0.15) is 20.8 Å². The minimum Gasteiger partial charge on any atom is -0.376 e. The van der Waals surface area contributed by atoms with Crippen LogP contribution >= 0.6 is 0 Å². The predicted octanol–water partition coefficient (Wildman–Crippen LogP) is 1.58. The number of rotatable bonds is 5. The quantitative estimate of drug-likeness (QED) is 0.612. The van der Waals surface area contributed by atoms with Crippen LogP contribution in [0.25, 0.3) is 0 Å². The molecule has 66 valence electrons. The Labute approximate surface area is 69.6 Å². The van der Waals surface area contributed by atoms with E-state index in [1.807, 2.05) is 14.0 Å². The van der Waals surface area contributed by atoms with Gasteiger partial charge in [-0.3, -0.25) is 0 Å². The minimum absolute atomic E-state index is 0.444. The topological polar surface area (TPSA) is 21.3 Å². The Bertz CT molecular complexity index is 121. The molecule has 1 atom stereocenters. The third kappa shape index (κ3) is 6.07. The van der Waals surface area contributed by atoms with Gasteiger partial charge in [-0.15, -0.1) is 0 Å². The fourth-order valence-electron chi connectivity index (χ4n) is 0.563. The Kier molecular flexibility index (Phi) is 6.18. The van der Waals surface area contributed by atoms with Gasteiger partial charge in [0.1, 0.15) is 0 Å². The highest BCUT2D eigenvalue weighted by Crippen LogP contribution is 1.93. The highest BCUT2D eigenvalue weighted by atomic mass is 16.5. The van der Waals surface area contributed by atoms with E-state index in [1.165, 1.54) is 5.57 Å². The zero-order valence-electron chi connectivity index (χ0n) is 7.98. The number of likely N-dealkylation sites (N-methyl/N-ethyl adjacent to an activating group) is 1. The summed E-state index contributed by atoms with van der Waals surface area (Å²) in [6, 6.07) is 0.444. The molecule has 2 heteroatoms. The molecule has 2 nitrogen and oxygen atoms in total. The first-order valence-electron chi connectivity index (χ1n) is 4.07. The van der Waals surface area contributed by atoms with Crippen molar-refractivity contribution in [2.45, 2.75) is 26.8 Å². The fourth-order valence-corrected chi connectivity index (χ4v) is 0.563. The van der Waals surface area contributed by atoms with E-state index in [9.17, 15) is 0 Å². The van der Waals surface area contributed by atoms with E-state index in [0.29, 0.717) is 6.04 Å². The Morgan fingerprint density at radius 3 is 2.73 bits per heavy atom. The van der Waals surface area contributed by atoms with E-state index in [1.54, 1.807) is 0 Å². The SMILES string of the molecule is C/C=C(\C)COCC(C)NC. The summed E-state index contributed by atoms with van der Waals surface area (Å²) in [5.41, 5.74) is 1.29. The van der Waals surface area contributed by atoms with Gasteiger partial charge in [0.05, 0.1) is 13.2 Å². The Balaban J connectivity index is 3.27. The van der Waals surface area contributed by atoms with Crippen molar-refractivity contribution in [3.8, 4) is 0 Å². The molecule has 0 aromatic rings. The molecule has 0 spiro atoms. The van der Waals surface area contributed by atoms with Crippen LogP contribution in [0.15, 0.2) is 11.6 Å². The van der Waals surface area contributed by atoms with E-state index in [2.05, 4.69) is 25.2 Å². The maximum absolute atomic E-state index is 5.41. The molecule has 0 saturated carbocycles. The van der Waals surface area contributed by atoms with Gasteiger partial charge in [-0.1, -0.05) is 11.6 Å². The molecular formula is C9H19NO. The molecule has 0 aromatic heterocycles. The van der Waals surface area contributed by atoms with Gasteiger partial charge in [-0.2, -0.15) is 0 Å². The summed E-state index contributed by atoms with van der Waals surface area (Å²) in [7, 11) is 1.94. The fraction of sp³-hybridized carbons (Fsp3) is 0.778. The van der Waals surface area contributed by atoms with Gasteiger partial charge in [0.15, 0.2) is 0 Å². The molecular weight excluding hydrogens is 138 g/mol. The normalized spacial score (nSPS) is 15.1. The Hall–Kier alpha value is -0.340. The average molecular weight is 157 g/mol. The van der Waals surface area contributed by atoms with E-state index >= 15 is 0 Å². The van der Waals surface area contributed by atoms with Crippen LogP contribution in [0.4, 0.5) is 0 Å². The molecule has 1 unspecified atom stereocenters. The number of nitrogens with one attached hydrogen (secondary N) is 1. The van der Waals surface area contributed by atoms with Crippen LogP contribution in [-0.4, -0.2) is 26.3 Å². The summed E-state index contributed by atoms with van der Waals surface area (Å²) in [5, 5.41) is 3.11. The minimum atomic E-state index is 0.444. The summed E-state index contributed by atoms with van der Waals surface area (Å²) in [4.78, 5) is 0. The van der Waals surface area contributed by atoms with Crippen LogP contribution in [-0.2, 0) is 4.74 Å². The van der Waals surface area contributed by atoms with Gasteiger partial charge in [-0.25, -0.2) is 0 Å². The van der Waals surface area contributed by atoms with E-state index < -0.39 is 0 Å². The molecule has 0 saturated heterocycles. The third-order valence-electron chi connectivity index (χ3n) is 1.68. The first kappa shape index (κ1) is 10.7. The molecule has 0 bridgehead atoms. The van der Waals surface area contributed by atoms with Crippen molar-refractivity contribution < 1.29 is 4.74 Å². The van der Waals surface area contributed by atoms with Crippen molar-refractivity contribution in [3.63, 3.8) is 0 Å². The Morgan fingerprint density at radius 1 is 1.64 bits per heavy atom. The maximum Gasteiger partial charge on any atom is 0.0674 e. The highest BCUT2D eigenvalue weighted by molar-refractivity contribution is 4.95. The second-order valence-electron chi connectivity index (χ2n) is 2.84. The lowest BCUT2D eigenvalue weighted by atomic mass is 10.3. The molecule has 1 N–H and O–H groups in total. The number of hydrogen-bond acceptors (Lipinski definition) is 2. The zero-order valence-corrected chi connectivity index (χ0v) is 7.98. The van der Waals surface area contributed by atoms with Gasteiger partial charge in [-0.05, 0) is 27.8 Å². The van der Waals surface area contributed by atoms with E-state index in [-0.39, 0.29) is 0 Å². The third-order valence-corrected chi connectivity index (χ3v) is 1.68. The smallest absolute Gasteiger partial charge is 0.0674 e. The second-order valence-corrected chi connectivity index (χ2v) is 2.84. The summed E-state index contributed by atoms with van der Waals surface area (Å²) in [5.74, 6) is 0. The number of hydrogen-bond donors (Lipinski definition) is 1. The summed E-state index contributed by atoms with van der Waals surface area (Å²) in [6.07, 6.45) is 2.07. The molecule has 0 aliphatic heterocycles. The summed E-state index contributed by atoms with van der Waals surface area (Å²) in [6.45, 7) is 7.74. The average Bonchev–Trinajstić information content (AvgIpc) is 2.04. The van der Waals surface area contributed by atoms with E-state index in [4.69, 9.17) is 4.74 Å². The monoisotopic (exact) mass is 157 g/mol. The second kappa shape index (κ2) is 6.38. The van der Waals surface area contributed by atoms with Crippen molar-refractivity contribution in [2.24, 2.45) is 0 Å². The van der Waals surface area contributed by atoms with Gasteiger partial charge < -0.3 is 10.1 Å². The standard InChI is InChI=1S/C9H19NO/c1-5-8(2)6-11-7-9(3)10-4/h5,9-10H,6-7H2,1-4H3/b8-5+. The van der Waals surface area contributed by atoms with Crippen molar-refractivity contribution in [3.05, 3.63) is 11.6 Å². The zero-order chi connectivity index (χ0) is 8.69. The lowest BCUT2D eigenvalue weighted by Gasteiger charge is -2.10. The van der Waals surface area contributed by atoms with Crippen LogP contribution in [0.2, 0.25) is 0 Å². The lowest BCUT2D eigenvalue weighted by Crippen LogP contribution is -2.26. The summed E-state index contributed by atoms with van der Waals surface area (Å²) < 4.78 is 5.41. The van der Waals surface area contributed by atoms with Crippen LogP contribution in [0.3, 0.4) is 0 Å². The van der Waals surface area contributed by atoms with Crippen LogP contribution in [0.5, 0.6) is 0 Å². The van der Waals surface area contributed by atoms with Crippen LogP contribution in [0, 0.1) is 0 Å². The molecule has 0 aromatic carbocycles. The molecule has 0 radical (unpaired) electrons. The Morgan fingerprint density at radius 2 is 2.27 bits per heavy atom. The molecule has 0 rings (SSSR count). The van der Waals surface area contributed by atoms with Crippen molar-refractivity contribution in [2.75, 3.05) is 20.3 Å². The first-order valence-corrected chi connectivity index (χ1v) is 4.07. The van der Waals surface area contributed by atoms with Gasteiger partial charge >= 0.3 is 0 Å². The van der Waals surface area contributed by atoms with Gasteiger partial charge in [0.25, 0.3) is 0 Å². The largest absolute Gasteiger partial charge is 0.376 e. The predicted molar refractivity (Wildman–Crippen MR) is 48.8 cm³/mol. The van der Waals surface area contributed by atoms with Crippen molar-refractivity contribution in [1.29, 1.82) is 0 Å². The van der Waals surface area contributed by atoms with Crippen molar-refractivity contribution in [1.82, 2.24) is 5.32 Å². The number of allylic oxidation sites excluding steroid dienone is 1. The van der Waals surface area contributed by atoms with Crippen molar-refractivity contribution >= 4 is 0 Å². The summed E-state index contributed by atoms with van der Waals surface area (Å²) >= 11 is 0. The van der Waals surface area contributed by atoms with Crippen LogP contribution < -0.4 is 5.32 Å². The molecule has 0 aliphatic rings. The number of ether oxygens (including phenoxy) is 1. The molecule has 0 heterocycles. The van der Waals surface area contributed by atoms with Gasteiger partial charge in [0.2, 0.25) is 0 Å².